The minimum Gasteiger partial charge on any atom is -0.267 e. The number of hydrogen-bond donors (Lipinski definition) is 0. The lowest BCUT2D eigenvalue weighted by atomic mass is 10.1. The van der Waals surface area contributed by atoms with Gasteiger partial charge in [-0.2, -0.15) is 5.10 Å². The smallest absolute Gasteiger partial charge is 0.267 e. The molecule has 0 saturated carbocycles. The quantitative estimate of drug-likeness (QED) is 0.559. The minimum absolute atomic E-state index is 0.143. The third kappa shape index (κ3) is 2.63. The number of halogens is 1. The van der Waals surface area contributed by atoms with E-state index in [1.54, 1.807) is 23.5 Å². The molecule has 0 aliphatic carbocycles. The van der Waals surface area contributed by atoms with Crippen molar-refractivity contribution in [1.29, 1.82) is 0 Å². The number of rotatable bonds is 3. The van der Waals surface area contributed by atoms with E-state index in [4.69, 9.17) is 0 Å². The molecule has 2 heterocycles. The fourth-order valence-electron chi connectivity index (χ4n) is 2.70. The summed E-state index contributed by atoms with van der Waals surface area (Å²) in [5.74, 6) is -0.295. The fourth-order valence-corrected chi connectivity index (χ4v) is 3.42. The van der Waals surface area contributed by atoms with E-state index in [1.165, 1.54) is 16.8 Å². The van der Waals surface area contributed by atoms with Crippen molar-refractivity contribution in [3.63, 3.8) is 0 Å². The Morgan fingerprint density at radius 1 is 0.958 bits per heavy atom. The van der Waals surface area contributed by atoms with Crippen molar-refractivity contribution < 1.29 is 4.39 Å². The first-order valence-electron chi connectivity index (χ1n) is 7.50. The molecule has 0 spiro atoms. The van der Waals surface area contributed by atoms with Gasteiger partial charge in [-0.05, 0) is 35.2 Å². The standard InChI is InChI=1S/C19H13FN2OS/c20-14-9-7-13(8-10-14)12-22-19(23)16-5-2-1-4-15(16)18(21-22)17-6-3-11-24-17/h1-11H,12H2. The first-order valence-corrected chi connectivity index (χ1v) is 8.38. The van der Waals surface area contributed by atoms with Crippen LogP contribution < -0.4 is 5.56 Å². The summed E-state index contributed by atoms with van der Waals surface area (Å²) in [4.78, 5) is 13.8. The zero-order chi connectivity index (χ0) is 16.5. The zero-order valence-electron chi connectivity index (χ0n) is 12.6. The van der Waals surface area contributed by atoms with Crippen LogP contribution in [0.2, 0.25) is 0 Å². The number of aromatic nitrogens is 2. The average molecular weight is 336 g/mol. The van der Waals surface area contributed by atoms with Gasteiger partial charge in [0.1, 0.15) is 11.5 Å². The number of hydrogen-bond acceptors (Lipinski definition) is 3. The van der Waals surface area contributed by atoms with Crippen LogP contribution in [-0.2, 0) is 6.54 Å². The van der Waals surface area contributed by atoms with Gasteiger partial charge in [-0.3, -0.25) is 4.79 Å². The van der Waals surface area contributed by atoms with Gasteiger partial charge in [0.25, 0.3) is 5.56 Å². The highest BCUT2D eigenvalue weighted by molar-refractivity contribution is 7.13. The molecular weight excluding hydrogens is 323 g/mol. The lowest BCUT2D eigenvalue weighted by Crippen LogP contribution is -2.24. The maximum absolute atomic E-state index is 13.1. The molecule has 4 aromatic rings. The van der Waals surface area contributed by atoms with Crippen LogP contribution in [0.5, 0.6) is 0 Å². The van der Waals surface area contributed by atoms with Gasteiger partial charge in [-0.1, -0.05) is 36.4 Å². The Morgan fingerprint density at radius 2 is 1.71 bits per heavy atom. The highest BCUT2D eigenvalue weighted by Crippen LogP contribution is 2.28. The second-order valence-electron chi connectivity index (χ2n) is 5.46. The second kappa shape index (κ2) is 6.02. The van der Waals surface area contributed by atoms with Gasteiger partial charge in [0.05, 0.1) is 16.8 Å². The Balaban J connectivity index is 1.91. The van der Waals surface area contributed by atoms with Gasteiger partial charge < -0.3 is 0 Å². The lowest BCUT2D eigenvalue weighted by molar-refractivity contribution is 0.621. The van der Waals surface area contributed by atoms with E-state index in [2.05, 4.69) is 5.10 Å². The third-order valence-electron chi connectivity index (χ3n) is 3.87. The number of fused-ring (bicyclic) bond motifs is 1. The van der Waals surface area contributed by atoms with E-state index in [0.717, 1.165) is 21.5 Å². The van der Waals surface area contributed by atoms with E-state index in [0.29, 0.717) is 11.9 Å². The van der Waals surface area contributed by atoms with Crippen molar-refractivity contribution in [2.24, 2.45) is 0 Å². The summed E-state index contributed by atoms with van der Waals surface area (Å²) in [6, 6.07) is 17.6. The summed E-state index contributed by atoms with van der Waals surface area (Å²) in [7, 11) is 0. The molecule has 0 radical (unpaired) electrons. The van der Waals surface area contributed by atoms with Crippen molar-refractivity contribution in [2.75, 3.05) is 0 Å². The van der Waals surface area contributed by atoms with Gasteiger partial charge in [0, 0.05) is 5.39 Å². The topological polar surface area (TPSA) is 34.9 Å². The Hall–Kier alpha value is -2.79. The molecular formula is C19H13FN2OS. The maximum atomic E-state index is 13.1. The highest BCUT2D eigenvalue weighted by Gasteiger charge is 2.13. The molecule has 2 aromatic heterocycles. The molecule has 4 rings (SSSR count). The molecule has 0 bridgehead atoms. The molecule has 24 heavy (non-hydrogen) atoms. The lowest BCUT2D eigenvalue weighted by Gasteiger charge is -2.10. The Morgan fingerprint density at radius 3 is 2.42 bits per heavy atom. The van der Waals surface area contributed by atoms with Crippen LogP contribution in [0, 0.1) is 5.82 Å². The summed E-state index contributed by atoms with van der Waals surface area (Å²) in [6.45, 7) is 0.308. The maximum Gasteiger partial charge on any atom is 0.274 e. The van der Waals surface area contributed by atoms with E-state index in [1.807, 2.05) is 41.8 Å². The van der Waals surface area contributed by atoms with Crippen molar-refractivity contribution in [3.8, 4) is 10.6 Å². The molecule has 0 aliphatic heterocycles. The van der Waals surface area contributed by atoms with E-state index >= 15 is 0 Å². The minimum atomic E-state index is -0.295. The zero-order valence-corrected chi connectivity index (χ0v) is 13.5. The summed E-state index contributed by atoms with van der Waals surface area (Å²) >= 11 is 1.59. The molecule has 0 saturated heterocycles. The molecule has 5 heteroatoms. The average Bonchev–Trinajstić information content (AvgIpc) is 3.14. The van der Waals surface area contributed by atoms with Crippen molar-refractivity contribution in [3.05, 3.63) is 87.8 Å². The predicted molar refractivity (Wildman–Crippen MR) is 94.8 cm³/mol. The Bertz CT molecular complexity index is 1050. The fraction of sp³-hybridized carbons (Fsp3) is 0.0526. The van der Waals surface area contributed by atoms with Crippen molar-refractivity contribution >= 4 is 22.1 Å². The number of benzene rings is 2. The molecule has 3 nitrogen and oxygen atoms in total. The van der Waals surface area contributed by atoms with Crippen molar-refractivity contribution in [2.45, 2.75) is 6.54 Å². The van der Waals surface area contributed by atoms with Crippen LogP contribution in [0.1, 0.15) is 5.56 Å². The van der Waals surface area contributed by atoms with E-state index in [-0.39, 0.29) is 11.4 Å². The van der Waals surface area contributed by atoms with Crippen LogP contribution in [0.15, 0.2) is 70.8 Å². The largest absolute Gasteiger partial charge is 0.274 e. The molecule has 118 valence electrons. The molecule has 0 unspecified atom stereocenters. The molecule has 0 atom stereocenters. The van der Waals surface area contributed by atoms with Gasteiger partial charge in [-0.15, -0.1) is 11.3 Å². The number of nitrogens with zero attached hydrogens (tertiary/aromatic N) is 2. The van der Waals surface area contributed by atoms with Gasteiger partial charge in [0.15, 0.2) is 0 Å². The Labute approximate surface area is 141 Å². The van der Waals surface area contributed by atoms with Gasteiger partial charge in [0.2, 0.25) is 0 Å². The van der Waals surface area contributed by atoms with Gasteiger partial charge >= 0.3 is 0 Å². The van der Waals surface area contributed by atoms with Crippen LogP contribution in [-0.4, -0.2) is 9.78 Å². The van der Waals surface area contributed by atoms with Crippen LogP contribution in [0.25, 0.3) is 21.3 Å². The normalized spacial score (nSPS) is 11.0. The Kier molecular flexibility index (Phi) is 3.70. The van der Waals surface area contributed by atoms with Crippen LogP contribution in [0.4, 0.5) is 4.39 Å². The first kappa shape index (κ1) is 14.8. The van der Waals surface area contributed by atoms with Crippen LogP contribution in [0.3, 0.4) is 0 Å². The molecule has 0 aliphatic rings. The van der Waals surface area contributed by atoms with Gasteiger partial charge in [-0.25, -0.2) is 9.07 Å². The first-order chi connectivity index (χ1) is 11.7. The molecule has 2 aromatic carbocycles. The molecule has 0 N–H and O–H groups in total. The van der Waals surface area contributed by atoms with E-state index in [9.17, 15) is 9.18 Å². The summed E-state index contributed by atoms with van der Waals surface area (Å²) < 4.78 is 14.5. The third-order valence-corrected chi connectivity index (χ3v) is 4.74. The van der Waals surface area contributed by atoms with Crippen LogP contribution >= 0.6 is 11.3 Å². The molecule has 0 fully saturated rings. The summed E-state index contributed by atoms with van der Waals surface area (Å²) in [5.41, 5.74) is 1.48. The number of thiophene rings is 1. The molecule has 0 amide bonds. The van der Waals surface area contributed by atoms with E-state index < -0.39 is 0 Å². The predicted octanol–water partition coefficient (Wildman–Crippen LogP) is 4.31. The monoisotopic (exact) mass is 336 g/mol. The summed E-state index contributed by atoms with van der Waals surface area (Å²) in [6.07, 6.45) is 0. The summed E-state index contributed by atoms with van der Waals surface area (Å²) in [5, 5.41) is 8.05. The highest BCUT2D eigenvalue weighted by atomic mass is 32.1. The second-order valence-corrected chi connectivity index (χ2v) is 6.41. The van der Waals surface area contributed by atoms with Crippen molar-refractivity contribution in [1.82, 2.24) is 9.78 Å². The SMILES string of the molecule is O=c1c2ccccc2c(-c2cccs2)nn1Cc1ccc(F)cc1.